The standard InChI is InChI=1S/C16H32N4O2S.HI/c1-4-17-16(19-9-5-14(2)6-10-19)18-13-15-7-11-20(12-8-15)23(3,21)22;/h14-15H,4-13H2,1-3H3,(H,17,18);1H. The second-order valence-electron chi connectivity index (χ2n) is 6.97. The molecule has 0 aromatic heterocycles. The Morgan fingerprint density at radius 3 is 2.21 bits per heavy atom. The van der Waals surface area contributed by atoms with Crippen molar-refractivity contribution in [2.75, 3.05) is 45.5 Å². The van der Waals surface area contributed by atoms with Crippen molar-refractivity contribution in [2.24, 2.45) is 16.8 Å². The lowest BCUT2D eigenvalue weighted by atomic mass is 9.98. The molecule has 2 aliphatic heterocycles. The Morgan fingerprint density at radius 1 is 1.12 bits per heavy atom. The zero-order chi connectivity index (χ0) is 16.9. The fourth-order valence-corrected chi connectivity index (χ4v) is 4.16. The van der Waals surface area contributed by atoms with Gasteiger partial charge in [0.15, 0.2) is 5.96 Å². The zero-order valence-electron chi connectivity index (χ0n) is 15.2. The number of rotatable bonds is 4. The minimum Gasteiger partial charge on any atom is -0.357 e. The molecule has 0 bridgehead atoms. The van der Waals surface area contributed by atoms with Crippen LogP contribution in [0.2, 0.25) is 0 Å². The highest BCUT2D eigenvalue weighted by molar-refractivity contribution is 14.0. The largest absolute Gasteiger partial charge is 0.357 e. The van der Waals surface area contributed by atoms with Crippen molar-refractivity contribution in [1.82, 2.24) is 14.5 Å². The molecule has 2 aliphatic rings. The first kappa shape index (κ1) is 22.0. The highest BCUT2D eigenvalue weighted by Crippen LogP contribution is 2.20. The molecule has 142 valence electrons. The second kappa shape index (κ2) is 10.2. The summed E-state index contributed by atoms with van der Waals surface area (Å²) in [4.78, 5) is 7.21. The average molecular weight is 472 g/mol. The van der Waals surface area contributed by atoms with Crippen molar-refractivity contribution in [2.45, 2.75) is 39.5 Å². The molecule has 0 atom stereocenters. The van der Waals surface area contributed by atoms with Gasteiger partial charge in [0, 0.05) is 39.3 Å². The summed E-state index contributed by atoms with van der Waals surface area (Å²) in [5.41, 5.74) is 0. The maximum Gasteiger partial charge on any atom is 0.211 e. The van der Waals surface area contributed by atoms with Crippen molar-refractivity contribution in [3.05, 3.63) is 0 Å². The molecule has 2 rings (SSSR count). The fourth-order valence-electron chi connectivity index (χ4n) is 3.29. The van der Waals surface area contributed by atoms with Gasteiger partial charge in [0.05, 0.1) is 6.26 Å². The molecule has 0 saturated carbocycles. The van der Waals surface area contributed by atoms with Gasteiger partial charge in [-0.25, -0.2) is 12.7 Å². The molecule has 0 aromatic carbocycles. The van der Waals surface area contributed by atoms with Gasteiger partial charge in [-0.05, 0) is 44.4 Å². The Morgan fingerprint density at radius 2 is 1.71 bits per heavy atom. The molecule has 8 heteroatoms. The number of hydrogen-bond donors (Lipinski definition) is 1. The molecule has 6 nitrogen and oxygen atoms in total. The van der Waals surface area contributed by atoms with Gasteiger partial charge in [-0.1, -0.05) is 6.92 Å². The van der Waals surface area contributed by atoms with E-state index in [1.54, 1.807) is 4.31 Å². The van der Waals surface area contributed by atoms with Crippen LogP contribution in [0.25, 0.3) is 0 Å². The molecule has 0 aliphatic carbocycles. The van der Waals surface area contributed by atoms with Crippen LogP contribution < -0.4 is 5.32 Å². The first-order valence-electron chi connectivity index (χ1n) is 8.88. The number of halogens is 1. The summed E-state index contributed by atoms with van der Waals surface area (Å²) in [5.74, 6) is 2.34. The molecule has 0 spiro atoms. The summed E-state index contributed by atoms with van der Waals surface area (Å²) in [5, 5.41) is 3.41. The van der Waals surface area contributed by atoms with Crippen LogP contribution in [-0.4, -0.2) is 69.1 Å². The summed E-state index contributed by atoms with van der Waals surface area (Å²) in [6, 6.07) is 0. The Kier molecular flexibility index (Phi) is 9.29. The Bertz CT molecular complexity index is 496. The minimum absolute atomic E-state index is 0. The lowest BCUT2D eigenvalue weighted by molar-refractivity contribution is 0.266. The summed E-state index contributed by atoms with van der Waals surface area (Å²) < 4.78 is 24.7. The molecular weight excluding hydrogens is 439 g/mol. The van der Waals surface area contributed by atoms with E-state index in [2.05, 4.69) is 24.1 Å². The molecule has 1 N–H and O–H groups in total. The maximum absolute atomic E-state index is 11.6. The lowest BCUT2D eigenvalue weighted by Gasteiger charge is -2.33. The van der Waals surface area contributed by atoms with Crippen molar-refractivity contribution in [3.63, 3.8) is 0 Å². The Labute approximate surface area is 164 Å². The summed E-state index contributed by atoms with van der Waals surface area (Å²) in [6.45, 7) is 9.54. The van der Waals surface area contributed by atoms with Gasteiger partial charge in [-0.3, -0.25) is 4.99 Å². The van der Waals surface area contributed by atoms with Gasteiger partial charge >= 0.3 is 0 Å². The highest BCUT2D eigenvalue weighted by Gasteiger charge is 2.25. The SMILES string of the molecule is CCNC(=NCC1CCN(S(C)(=O)=O)CC1)N1CCC(C)CC1.I. The summed E-state index contributed by atoms with van der Waals surface area (Å²) in [7, 11) is -3.03. The van der Waals surface area contributed by atoms with Gasteiger partial charge in [-0.2, -0.15) is 0 Å². The van der Waals surface area contributed by atoms with Gasteiger partial charge in [-0.15, -0.1) is 24.0 Å². The zero-order valence-corrected chi connectivity index (χ0v) is 18.3. The van der Waals surface area contributed by atoms with Crippen LogP contribution in [0.15, 0.2) is 4.99 Å². The molecule has 2 saturated heterocycles. The van der Waals surface area contributed by atoms with Crippen molar-refractivity contribution in [1.29, 1.82) is 0 Å². The van der Waals surface area contributed by atoms with E-state index in [9.17, 15) is 8.42 Å². The number of hydrogen-bond acceptors (Lipinski definition) is 3. The van der Waals surface area contributed by atoms with Crippen LogP contribution in [0.5, 0.6) is 0 Å². The van der Waals surface area contributed by atoms with E-state index in [-0.39, 0.29) is 24.0 Å². The molecule has 2 heterocycles. The van der Waals surface area contributed by atoms with E-state index in [0.29, 0.717) is 19.0 Å². The maximum atomic E-state index is 11.6. The third-order valence-corrected chi connectivity index (χ3v) is 6.26. The van der Waals surface area contributed by atoms with Gasteiger partial charge in [0.1, 0.15) is 0 Å². The quantitative estimate of drug-likeness (QED) is 0.386. The molecule has 24 heavy (non-hydrogen) atoms. The smallest absolute Gasteiger partial charge is 0.211 e. The van der Waals surface area contributed by atoms with Crippen LogP contribution in [0.3, 0.4) is 0 Å². The lowest BCUT2D eigenvalue weighted by Crippen LogP contribution is -2.45. The topological polar surface area (TPSA) is 65.0 Å². The minimum atomic E-state index is -3.03. The number of nitrogens with zero attached hydrogens (tertiary/aromatic N) is 3. The molecular formula is C16H33IN4O2S. The van der Waals surface area contributed by atoms with E-state index in [1.807, 2.05) is 0 Å². The third kappa shape index (κ3) is 6.67. The Balaban J connectivity index is 0.00000288. The number of aliphatic imine (C=N–C) groups is 1. The van der Waals surface area contributed by atoms with Gasteiger partial charge < -0.3 is 10.2 Å². The Hall–Kier alpha value is -0.0900. The predicted molar refractivity (Wildman–Crippen MR) is 111 cm³/mol. The van der Waals surface area contributed by atoms with E-state index in [1.165, 1.54) is 19.1 Å². The summed E-state index contributed by atoms with van der Waals surface area (Å²) in [6.07, 6.45) is 5.58. The first-order valence-corrected chi connectivity index (χ1v) is 10.7. The number of likely N-dealkylation sites (tertiary alicyclic amines) is 1. The molecule has 0 unspecified atom stereocenters. The third-order valence-electron chi connectivity index (χ3n) is 4.96. The van der Waals surface area contributed by atoms with Crippen LogP contribution in [-0.2, 0) is 10.0 Å². The number of guanidine groups is 1. The second-order valence-corrected chi connectivity index (χ2v) is 8.95. The monoisotopic (exact) mass is 472 g/mol. The molecule has 0 amide bonds. The van der Waals surface area contributed by atoms with Crippen molar-refractivity contribution < 1.29 is 8.42 Å². The van der Waals surface area contributed by atoms with Crippen LogP contribution in [0.1, 0.15) is 39.5 Å². The van der Waals surface area contributed by atoms with Gasteiger partial charge in [0.25, 0.3) is 0 Å². The number of nitrogens with one attached hydrogen (secondary N) is 1. The number of piperidine rings is 2. The van der Waals surface area contributed by atoms with Crippen LogP contribution in [0.4, 0.5) is 0 Å². The molecule has 0 aromatic rings. The molecule has 2 fully saturated rings. The van der Waals surface area contributed by atoms with Crippen molar-refractivity contribution in [3.8, 4) is 0 Å². The predicted octanol–water partition coefficient (Wildman–Crippen LogP) is 1.97. The van der Waals surface area contributed by atoms with E-state index in [0.717, 1.165) is 50.9 Å². The number of sulfonamides is 1. The van der Waals surface area contributed by atoms with E-state index < -0.39 is 10.0 Å². The average Bonchev–Trinajstić information content (AvgIpc) is 2.52. The molecule has 0 radical (unpaired) electrons. The normalized spacial score (nSPS) is 22.3. The van der Waals surface area contributed by atoms with E-state index in [4.69, 9.17) is 4.99 Å². The summed E-state index contributed by atoms with van der Waals surface area (Å²) >= 11 is 0. The van der Waals surface area contributed by atoms with Gasteiger partial charge in [0.2, 0.25) is 10.0 Å². The van der Waals surface area contributed by atoms with Crippen molar-refractivity contribution >= 4 is 40.0 Å². The van der Waals surface area contributed by atoms with Crippen LogP contribution >= 0.6 is 24.0 Å². The first-order chi connectivity index (χ1) is 10.9. The van der Waals surface area contributed by atoms with Crippen LogP contribution in [0, 0.1) is 11.8 Å². The fraction of sp³-hybridized carbons (Fsp3) is 0.938. The van der Waals surface area contributed by atoms with E-state index >= 15 is 0 Å². The highest BCUT2D eigenvalue weighted by atomic mass is 127.